The number of carboxylic acids is 1. The minimum absolute atomic E-state index is 0.777. The van der Waals surface area contributed by atoms with Crippen molar-refractivity contribution in [2.45, 2.75) is 25.7 Å². The third-order valence-corrected chi connectivity index (χ3v) is 2.95. The number of carbonyl (C=O) groups is 1. The predicted molar refractivity (Wildman–Crippen MR) is 41.2 cm³/mol. The highest BCUT2D eigenvalue weighted by Crippen LogP contribution is 2.49. The lowest BCUT2D eigenvalue weighted by atomic mass is 9.77. The molecule has 0 aromatic carbocycles. The van der Waals surface area contributed by atoms with Crippen molar-refractivity contribution < 1.29 is 9.90 Å². The molecule has 2 aliphatic rings. The van der Waals surface area contributed by atoms with Gasteiger partial charge in [-0.3, -0.25) is 0 Å². The maximum Gasteiger partial charge on any atom is 0.328 e. The standard InChI is InChI=1S/C9H12O2/c10-9(11)5-6-3-7-1-2-8(7)4-6/h5,7-8H,1-4H2,(H,10,11). The van der Waals surface area contributed by atoms with Crippen molar-refractivity contribution in [3.05, 3.63) is 11.6 Å². The topological polar surface area (TPSA) is 37.3 Å². The zero-order valence-electron chi connectivity index (χ0n) is 6.42. The Kier molecular flexibility index (Phi) is 1.48. The molecule has 2 unspecified atom stereocenters. The fourth-order valence-electron chi connectivity index (χ4n) is 2.22. The Labute approximate surface area is 65.9 Å². The number of allylic oxidation sites excluding steroid dienone is 1. The van der Waals surface area contributed by atoms with Crippen LogP contribution in [0.1, 0.15) is 25.7 Å². The molecule has 2 fully saturated rings. The van der Waals surface area contributed by atoms with Crippen LogP contribution in [0.3, 0.4) is 0 Å². The second-order valence-electron chi connectivity index (χ2n) is 3.65. The molecule has 1 N–H and O–H groups in total. The highest BCUT2D eigenvalue weighted by atomic mass is 16.4. The van der Waals surface area contributed by atoms with Crippen LogP contribution in [0.5, 0.6) is 0 Å². The first-order valence-corrected chi connectivity index (χ1v) is 4.18. The summed E-state index contributed by atoms with van der Waals surface area (Å²) in [4.78, 5) is 10.3. The molecule has 2 heteroatoms. The first-order valence-electron chi connectivity index (χ1n) is 4.18. The highest BCUT2D eigenvalue weighted by molar-refractivity contribution is 5.80. The lowest BCUT2D eigenvalue weighted by molar-refractivity contribution is -0.131. The van der Waals surface area contributed by atoms with Crippen molar-refractivity contribution >= 4 is 5.97 Å². The van der Waals surface area contributed by atoms with Crippen LogP contribution in [-0.2, 0) is 4.79 Å². The predicted octanol–water partition coefficient (Wildman–Crippen LogP) is 1.82. The Morgan fingerprint density at radius 2 is 1.91 bits per heavy atom. The summed E-state index contributed by atoms with van der Waals surface area (Å²) in [7, 11) is 0. The Morgan fingerprint density at radius 3 is 2.27 bits per heavy atom. The maximum atomic E-state index is 10.3. The molecule has 0 aliphatic heterocycles. The average Bonchev–Trinajstić information content (AvgIpc) is 2.12. The van der Waals surface area contributed by atoms with Gasteiger partial charge >= 0.3 is 5.97 Å². The van der Waals surface area contributed by atoms with Crippen molar-refractivity contribution in [2.24, 2.45) is 11.8 Å². The van der Waals surface area contributed by atoms with Gasteiger partial charge in [0, 0.05) is 6.08 Å². The largest absolute Gasteiger partial charge is 0.478 e. The van der Waals surface area contributed by atoms with Crippen LogP contribution < -0.4 is 0 Å². The molecular weight excluding hydrogens is 140 g/mol. The SMILES string of the molecule is O=C(O)C=C1CC2CCC2C1. The fourth-order valence-corrected chi connectivity index (χ4v) is 2.22. The number of fused-ring (bicyclic) bond motifs is 1. The number of aliphatic carboxylic acids is 1. The van der Waals surface area contributed by atoms with Crippen LogP contribution in [0, 0.1) is 11.8 Å². The summed E-state index contributed by atoms with van der Waals surface area (Å²) in [5.41, 5.74) is 1.16. The summed E-state index contributed by atoms with van der Waals surface area (Å²) in [6.07, 6.45) is 6.15. The number of rotatable bonds is 1. The molecule has 2 rings (SSSR count). The molecule has 0 aromatic heterocycles. The van der Waals surface area contributed by atoms with Crippen LogP contribution in [-0.4, -0.2) is 11.1 Å². The molecule has 60 valence electrons. The molecule has 11 heavy (non-hydrogen) atoms. The van der Waals surface area contributed by atoms with E-state index in [-0.39, 0.29) is 0 Å². The van der Waals surface area contributed by atoms with Crippen LogP contribution in [0.4, 0.5) is 0 Å². The molecule has 2 aliphatic carbocycles. The van der Waals surface area contributed by atoms with E-state index in [1.165, 1.54) is 18.9 Å². The van der Waals surface area contributed by atoms with Crippen LogP contribution >= 0.6 is 0 Å². The van der Waals surface area contributed by atoms with Gasteiger partial charge in [-0.05, 0) is 37.5 Å². The zero-order chi connectivity index (χ0) is 7.84. The van der Waals surface area contributed by atoms with Crippen molar-refractivity contribution in [1.82, 2.24) is 0 Å². The second-order valence-corrected chi connectivity index (χ2v) is 3.65. The van der Waals surface area contributed by atoms with Crippen LogP contribution in [0.2, 0.25) is 0 Å². The molecule has 0 radical (unpaired) electrons. The van der Waals surface area contributed by atoms with E-state index < -0.39 is 5.97 Å². The molecule has 0 heterocycles. The molecule has 0 saturated heterocycles. The van der Waals surface area contributed by atoms with E-state index in [4.69, 9.17) is 5.11 Å². The van der Waals surface area contributed by atoms with E-state index >= 15 is 0 Å². The van der Waals surface area contributed by atoms with Crippen LogP contribution in [0.15, 0.2) is 11.6 Å². The lowest BCUT2D eigenvalue weighted by Crippen LogP contribution is -2.18. The monoisotopic (exact) mass is 152 g/mol. The first-order chi connectivity index (χ1) is 5.25. The second kappa shape index (κ2) is 2.36. The zero-order valence-corrected chi connectivity index (χ0v) is 6.42. The van der Waals surface area contributed by atoms with Crippen molar-refractivity contribution in [2.75, 3.05) is 0 Å². The average molecular weight is 152 g/mol. The van der Waals surface area contributed by atoms with E-state index in [0.29, 0.717) is 0 Å². The minimum Gasteiger partial charge on any atom is -0.478 e. The maximum absolute atomic E-state index is 10.3. The normalized spacial score (nSPS) is 34.4. The third kappa shape index (κ3) is 1.17. The van der Waals surface area contributed by atoms with E-state index in [1.807, 2.05) is 0 Å². The molecule has 2 saturated carbocycles. The number of hydrogen-bond donors (Lipinski definition) is 1. The van der Waals surface area contributed by atoms with Gasteiger partial charge in [0.25, 0.3) is 0 Å². The van der Waals surface area contributed by atoms with Gasteiger partial charge in [-0.2, -0.15) is 0 Å². The smallest absolute Gasteiger partial charge is 0.328 e. The molecule has 0 spiro atoms. The summed E-state index contributed by atoms with van der Waals surface area (Å²) < 4.78 is 0. The van der Waals surface area contributed by atoms with E-state index in [0.717, 1.165) is 30.3 Å². The van der Waals surface area contributed by atoms with Crippen molar-refractivity contribution in [3.63, 3.8) is 0 Å². The van der Waals surface area contributed by atoms with Gasteiger partial charge in [0.1, 0.15) is 0 Å². The summed E-state index contributed by atoms with van der Waals surface area (Å²) in [6, 6.07) is 0. The highest BCUT2D eigenvalue weighted by Gasteiger charge is 2.37. The summed E-state index contributed by atoms with van der Waals surface area (Å²) in [5.74, 6) is 0.891. The molecule has 2 atom stereocenters. The van der Waals surface area contributed by atoms with Gasteiger partial charge in [-0.1, -0.05) is 5.57 Å². The van der Waals surface area contributed by atoms with E-state index in [9.17, 15) is 4.79 Å². The van der Waals surface area contributed by atoms with Gasteiger partial charge in [-0.25, -0.2) is 4.79 Å². The van der Waals surface area contributed by atoms with Gasteiger partial charge in [0.05, 0.1) is 0 Å². The van der Waals surface area contributed by atoms with Gasteiger partial charge in [0.2, 0.25) is 0 Å². The quantitative estimate of drug-likeness (QED) is 0.582. The first kappa shape index (κ1) is 6.89. The Balaban J connectivity index is 2.03. The summed E-state index contributed by atoms with van der Waals surface area (Å²) >= 11 is 0. The van der Waals surface area contributed by atoms with Gasteiger partial charge < -0.3 is 5.11 Å². The third-order valence-electron chi connectivity index (χ3n) is 2.95. The Morgan fingerprint density at radius 1 is 1.36 bits per heavy atom. The van der Waals surface area contributed by atoms with Crippen molar-refractivity contribution in [3.8, 4) is 0 Å². The summed E-state index contributed by atoms with van der Waals surface area (Å²) in [5, 5.41) is 8.49. The Bertz CT molecular complexity index is 204. The molecule has 0 amide bonds. The van der Waals surface area contributed by atoms with E-state index in [1.54, 1.807) is 0 Å². The fraction of sp³-hybridized carbons (Fsp3) is 0.667. The molecule has 0 aromatic rings. The Hall–Kier alpha value is -0.790. The summed E-state index contributed by atoms with van der Waals surface area (Å²) in [6.45, 7) is 0. The van der Waals surface area contributed by atoms with E-state index in [2.05, 4.69) is 0 Å². The molecular formula is C9H12O2. The lowest BCUT2D eigenvalue weighted by Gasteiger charge is -2.28. The number of hydrogen-bond acceptors (Lipinski definition) is 1. The molecule has 2 nitrogen and oxygen atoms in total. The van der Waals surface area contributed by atoms with Crippen LogP contribution in [0.25, 0.3) is 0 Å². The minimum atomic E-state index is -0.777. The van der Waals surface area contributed by atoms with Gasteiger partial charge in [0.15, 0.2) is 0 Å². The van der Waals surface area contributed by atoms with Gasteiger partial charge in [-0.15, -0.1) is 0 Å². The van der Waals surface area contributed by atoms with Crippen molar-refractivity contribution in [1.29, 1.82) is 0 Å². The number of carboxylic acid groups (broad SMARTS) is 1. The molecule has 0 bridgehead atoms.